The average Bonchev–Trinajstić information content (AvgIpc) is 3.44. The van der Waals surface area contributed by atoms with Gasteiger partial charge in [-0.1, -0.05) is 249 Å². The van der Waals surface area contributed by atoms with E-state index in [1.54, 1.807) is 0 Å². The Balaban J connectivity index is 1.08. The van der Waals surface area contributed by atoms with Crippen molar-refractivity contribution in [3.05, 3.63) is 307 Å². The SMILES string of the molecule is c1ccc(Cc2ccccc2-c2cc(N(c3ccc(-c4ccc5c(ccc6ccccc65)c4)cc3)c3cccc(-c4ccccc4)c3-c3ccccc3-c3ccccc3)ccc2Cc2ccccc2)cc1. The Bertz CT molecular complexity index is 3780. The first kappa shape index (κ1) is 43.3. The molecule has 0 aliphatic carbocycles. The Morgan fingerprint density at radius 3 is 1.46 bits per heavy atom. The van der Waals surface area contributed by atoms with E-state index in [4.69, 9.17) is 0 Å². The van der Waals surface area contributed by atoms with Crippen molar-refractivity contribution >= 4 is 38.6 Å². The van der Waals surface area contributed by atoms with Gasteiger partial charge in [-0.2, -0.15) is 0 Å². The molecule has 0 bridgehead atoms. The highest BCUT2D eigenvalue weighted by molar-refractivity contribution is 6.08. The number of benzene rings is 12. The second-order valence-electron chi connectivity index (χ2n) is 18.4. The van der Waals surface area contributed by atoms with Gasteiger partial charge < -0.3 is 4.90 Å². The standard InChI is InChI=1S/C70H51N/c1-5-20-50(21-6-1)46-57-29-14-16-32-64(57)68-49-61(44-40-58(68)47-51-22-7-2-8-23-51)71(60-42-38-52(39-43-60)56-41-45-65-59(48-56)37-36-55-28-13-15-30-62(55)65)69-35-19-34-66(54-26-11-4-12-27-54)70(69)67-33-18-17-31-63(67)53-24-9-3-10-25-53/h1-45,48-49H,46-47H2. The van der Waals surface area contributed by atoms with E-state index in [9.17, 15) is 0 Å². The summed E-state index contributed by atoms with van der Waals surface area (Å²) in [6.07, 6.45) is 1.65. The Labute approximate surface area is 417 Å². The molecule has 0 saturated carbocycles. The van der Waals surface area contributed by atoms with Gasteiger partial charge in [0.1, 0.15) is 0 Å². The molecule has 0 atom stereocenters. The summed E-state index contributed by atoms with van der Waals surface area (Å²) in [6.45, 7) is 0. The molecule has 0 amide bonds. The monoisotopic (exact) mass is 905 g/mol. The van der Waals surface area contributed by atoms with E-state index in [-0.39, 0.29) is 0 Å². The van der Waals surface area contributed by atoms with E-state index in [1.165, 1.54) is 99.4 Å². The van der Waals surface area contributed by atoms with Crippen LogP contribution in [0.2, 0.25) is 0 Å². The maximum absolute atomic E-state index is 2.50. The molecule has 0 saturated heterocycles. The van der Waals surface area contributed by atoms with E-state index < -0.39 is 0 Å². The van der Waals surface area contributed by atoms with Crippen molar-refractivity contribution in [2.75, 3.05) is 4.90 Å². The van der Waals surface area contributed by atoms with Crippen molar-refractivity contribution in [2.24, 2.45) is 0 Å². The quantitative estimate of drug-likeness (QED) is 0.110. The zero-order valence-corrected chi connectivity index (χ0v) is 39.5. The van der Waals surface area contributed by atoms with E-state index in [0.717, 1.165) is 29.9 Å². The molecular weight excluding hydrogens is 855 g/mol. The minimum Gasteiger partial charge on any atom is -0.310 e. The Morgan fingerprint density at radius 2 is 0.761 bits per heavy atom. The Kier molecular flexibility index (Phi) is 11.9. The van der Waals surface area contributed by atoms with Crippen LogP contribution in [0.5, 0.6) is 0 Å². The fourth-order valence-electron chi connectivity index (χ4n) is 10.5. The highest BCUT2D eigenvalue weighted by Crippen LogP contribution is 2.49. The van der Waals surface area contributed by atoms with Gasteiger partial charge in [0.2, 0.25) is 0 Å². The minimum absolute atomic E-state index is 0.811. The van der Waals surface area contributed by atoms with Crippen LogP contribution < -0.4 is 4.90 Å². The van der Waals surface area contributed by atoms with Crippen LogP contribution in [-0.4, -0.2) is 0 Å². The fraction of sp³-hybridized carbons (Fsp3) is 0.0286. The maximum atomic E-state index is 2.50. The van der Waals surface area contributed by atoms with Crippen molar-refractivity contribution < 1.29 is 0 Å². The van der Waals surface area contributed by atoms with Gasteiger partial charge in [-0.05, 0) is 143 Å². The summed E-state index contributed by atoms with van der Waals surface area (Å²) in [7, 11) is 0. The molecule has 12 aromatic carbocycles. The van der Waals surface area contributed by atoms with Gasteiger partial charge in [0.05, 0.1) is 5.69 Å². The molecule has 71 heavy (non-hydrogen) atoms. The fourth-order valence-corrected chi connectivity index (χ4v) is 10.5. The first-order valence-corrected chi connectivity index (χ1v) is 24.7. The molecule has 0 radical (unpaired) electrons. The van der Waals surface area contributed by atoms with Crippen LogP contribution in [0.3, 0.4) is 0 Å². The van der Waals surface area contributed by atoms with Gasteiger partial charge in [0.15, 0.2) is 0 Å². The summed E-state index contributed by atoms with van der Waals surface area (Å²) in [5.41, 5.74) is 20.3. The van der Waals surface area contributed by atoms with Crippen molar-refractivity contribution in [1.82, 2.24) is 0 Å². The zero-order valence-electron chi connectivity index (χ0n) is 39.5. The van der Waals surface area contributed by atoms with Crippen molar-refractivity contribution in [3.63, 3.8) is 0 Å². The van der Waals surface area contributed by atoms with Gasteiger partial charge in [-0.25, -0.2) is 0 Å². The van der Waals surface area contributed by atoms with E-state index in [1.807, 2.05) is 0 Å². The summed E-state index contributed by atoms with van der Waals surface area (Å²) < 4.78 is 0. The summed E-state index contributed by atoms with van der Waals surface area (Å²) in [5.74, 6) is 0. The van der Waals surface area contributed by atoms with E-state index in [0.29, 0.717) is 0 Å². The summed E-state index contributed by atoms with van der Waals surface area (Å²) >= 11 is 0. The second-order valence-corrected chi connectivity index (χ2v) is 18.4. The van der Waals surface area contributed by atoms with Gasteiger partial charge >= 0.3 is 0 Å². The van der Waals surface area contributed by atoms with Crippen LogP contribution >= 0.6 is 0 Å². The molecule has 336 valence electrons. The van der Waals surface area contributed by atoms with Crippen LogP contribution in [0.15, 0.2) is 285 Å². The van der Waals surface area contributed by atoms with E-state index >= 15 is 0 Å². The largest absolute Gasteiger partial charge is 0.310 e. The average molecular weight is 906 g/mol. The second kappa shape index (κ2) is 19.5. The van der Waals surface area contributed by atoms with Crippen molar-refractivity contribution in [1.29, 1.82) is 0 Å². The molecule has 0 aliphatic heterocycles. The normalized spacial score (nSPS) is 11.2. The minimum atomic E-state index is 0.811. The van der Waals surface area contributed by atoms with Crippen molar-refractivity contribution in [2.45, 2.75) is 12.8 Å². The molecule has 1 heteroatoms. The van der Waals surface area contributed by atoms with Gasteiger partial charge in [0, 0.05) is 16.9 Å². The molecule has 1 nitrogen and oxygen atoms in total. The third-order valence-corrected chi connectivity index (χ3v) is 14.0. The summed E-state index contributed by atoms with van der Waals surface area (Å²) in [6, 6.07) is 105. The number of hydrogen-bond donors (Lipinski definition) is 0. The lowest BCUT2D eigenvalue weighted by Gasteiger charge is -2.31. The first-order valence-electron chi connectivity index (χ1n) is 24.7. The lowest BCUT2D eigenvalue weighted by atomic mass is 9.87. The van der Waals surface area contributed by atoms with Crippen LogP contribution in [0.25, 0.3) is 77.2 Å². The van der Waals surface area contributed by atoms with Crippen molar-refractivity contribution in [3.8, 4) is 55.6 Å². The molecular formula is C70H51N. The third kappa shape index (κ3) is 8.83. The molecule has 0 N–H and O–H groups in total. The molecule has 0 heterocycles. The third-order valence-electron chi connectivity index (χ3n) is 14.0. The maximum Gasteiger partial charge on any atom is 0.0546 e. The Hall–Kier alpha value is -9.04. The predicted molar refractivity (Wildman–Crippen MR) is 302 cm³/mol. The lowest BCUT2D eigenvalue weighted by molar-refractivity contribution is 1.16. The highest BCUT2D eigenvalue weighted by atomic mass is 15.1. The van der Waals surface area contributed by atoms with Crippen LogP contribution in [0.4, 0.5) is 17.1 Å². The number of hydrogen-bond acceptors (Lipinski definition) is 1. The summed E-state index contributed by atoms with van der Waals surface area (Å²) in [5, 5.41) is 5.05. The topological polar surface area (TPSA) is 3.24 Å². The van der Waals surface area contributed by atoms with Crippen LogP contribution in [-0.2, 0) is 12.8 Å². The molecule has 0 fully saturated rings. The Morgan fingerprint density at radius 1 is 0.254 bits per heavy atom. The van der Waals surface area contributed by atoms with E-state index in [2.05, 4.69) is 290 Å². The molecule has 0 unspecified atom stereocenters. The number of fused-ring (bicyclic) bond motifs is 3. The lowest BCUT2D eigenvalue weighted by Crippen LogP contribution is -2.12. The smallest absolute Gasteiger partial charge is 0.0546 e. The predicted octanol–water partition coefficient (Wildman–Crippen LogP) is 19.0. The highest BCUT2D eigenvalue weighted by Gasteiger charge is 2.24. The van der Waals surface area contributed by atoms with Gasteiger partial charge in [0.25, 0.3) is 0 Å². The van der Waals surface area contributed by atoms with Gasteiger partial charge in [-0.15, -0.1) is 0 Å². The van der Waals surface area contributed by atoms with Gasteiger partial charge in [-0.3, -0.25) is 0 Å². The van der Waals surface area contributed by atoms with Crippen LogP contribution in [0, 0.1) is 0 Å². The first-order chi connectivity index (χ1) is 35.2. The molecule has 12 rings (SSSR count). The summed E-state index contributed by atoms with van der Waals surface area (Å²) in [4.78, 5) is 2.50. The number of nitrogens with zero attached hydrogens (tertiary/aromatic N) is 1. The molecule has 12 aromatic rings. The zero-order chi connectivity index (χ0) is 47.3. The molecule has 0 aromatic heterocycles. The number of rotatable bonds is 12. The molecule has 0 aliphatic rings. The van der Waals surface area contributed by atoms with Crippen LogP contribution in [0.1, 0.15) is 22.3 Å². The molecule has 0 spiro atoms. The number of anilines is 3.